The van der Waals surface area contributed by atoms with E-state index in [0.717, 1.165) is 25.9 Å². The Balaban J connectivity index is 0.000000791. The van der Waals surface area contributed by atoms with Crippen molar-refractivity contribution in [2.24, 2.45) is 0 Å². The van der Waals surface area contributed by atoms with E-state index in [1.54, 1.807) is 6.92 Å². The second kappa shape index (κ2) is 6.82. The van der Waals surface area contributed by atoms with E-state index in [0.29, 0.717) is 6.04 Å². The van der Waals surface area contributed by atoms with E-state index < -0.39 is 0 Å². The minimum atomic E-state index is 0.222. The molecule has 1 aliphatic heterocycles. The molecule has 3 heteroatoms. The van der Waals surface area contributed by atoms with Gasteiger partial charge >= 0.3 is 0 Å². The Labute approximate surface area is 88.1 Å². The minimum Gasteiger partial charge on any atom is -0.339 e. The Hall–Kier alpha value is -0.570. The number of likely N-dealkylation sites (N-methyl/N-ethyl adjacent to an activating group) is 1. The van der Waals surface area contributed by atoms with Crippen molar-refractivity contribution in [3.05, 3.63) is 0 Å². The van der Waals surface area contributed by atoms with Crippen LogP contribution in [-0.4, -0.2) is 48.9 Å². The number of likely N-dealkylation sites (tertiary alicyclic amines) is 1. The van der Waals surface area contributed by atoms with E-state index in [9.17, 15) is 4.79 Å². The van der Waals surface area contributed by atoms with E-state index >= 15 is 0 Å². The summed E-state index contributed by atoms with van der Waals surface area (Å²) in [7, 11) is 4.10. The molecule has 0 N–H and O–H groups in total. The van der Waals surface area contributed by atoms with E-state index in [4.69, 9.17) is 0 Å². The zero-order valence-electron chi connectivity index (χ0n) is 10.2. The van der Waals surface area contributed by atoms with Gasteiger partial charge in [-0.15, -0.1) is 0 Å². The molecule has 0 spiro atoms. The number of carbonyl (C=O) groups excluding carboxylic acids is 1. The zero-order chi connectivity index (χ0) is 11.1. The van der Waals surface area contributed by atoms with Crippen LogP contribution < -0.4 is 0 Å². The molecule has 1 rings (SSSR count). The van der Waals surface area contributed by atoms with Crippen molar-refractivity contribution in [2.45, 2.75) is 39.7 Å². The molecule has 0 bridgehead atoms. The van der Waals surface area contributed by atoms with Crippen LogP contribution in [-0.2, 0) is 4.79 Å². The maximum absolute atomic E-state index is 11.1. The van der Waals surface area contributed by atoms with Crippen molar-refractivity contribution >= 4 is 5.91 Å². The van der Waals surface area contributed by atoms with Crippen LogP contribution in [0.15, 0.2) is 0 Å². The van der Waals surface area contributed by atoms with Gasteiger partial charge in [0.25, 0.3) is 0 Å². The predicted octanol–water partition coefficient (Wildman–Crippen LogP) is 1.59. The highest BCUT2D eigenvalue weighted by Gasteiger charge is 2.26. The van der Waals surface area contributed by atoms with Crippen LogP contribution in [0.2, 0.25) is 0 Å². The second-order valence-corrected chi connectivity index (χ2v) is 3.77. The Bertz CT molecular complexity index is 169. The number of carbonyl (C=O) groups is 1. The van der Waals surface area contributed by atoms with Crippen molar-refractivity contribution < 1.29 is 4.79 Å². The molecule has 0 saturated carbocycles. The molecule has 84 valence electrons. The van der Waals surface area contributed by atoms with Gasteiger partial charge in [-0.25, -0.2) is 0 Å². The van der Waals surface area contributed by atoms with Crippen molar-refractivity contribution in [1.29, 1.82) is 0 Å². The number of hydrogen-bond acceptors (Lipinski definition) is 2. The lowest BCUT2D eigenvalue weighted by Crippen LogP contribution is -2.40. The average Bonchev–Trinajstić information content (AvgIpc) is 2.55. The largest absolute Gasteiger partial charge is 0.339 e. The highest BCUT2D eigenvalue weighted by Crippen LogP contribution is 2.17. The molecule has 0 aliphatic carbocycles. The summed E-state index contributed by atoms with van der Waals surface area (Å²) in [5, 5.41) is 0. The third kappa shape index (κ3) is 4.09. The second-order valence-electron chi connectivity index (χ2n) is 3.77. The van der Waals surface area contributed by atoms with Crippen LogP contribution >= 0.6 is 0 Å². The lowest BCUT2D eigenvalue weighted by Gasteiger charge is -2.25. The normalized spacial score (nSPS) is 20.7. The molecule has 1 fully saturated rings. The van der Waals surface area contributed by atoms with E-state index in [1.165, 1.54) is 0 Å². The maximum Gasteiger partial charge on any atom is 0.219 e. The highest BCUT2D eigenvalue weighted by molar-refractivity contribution is 5.73. The molecule has 0 radical (unpaired) electrons. The Morgan fingerprint density at radius 2 is 2.00 bits per heavy atom. The third-order valence-electron chi connectivity index (χ3n) is 2.36. The first-order valence-electron chi connectivity index (χ1n) is 5.53. The quantitative estimate of drug-likeness (QED) is 0.676. The number of nitrogens with zero attached hydrogens (tertiary/aromatic N) is 2. The predicted molar refractivity (Wildman–Crippen MR) is 60.3 cm³/mol. The van der Waals surface area contributed by atoms with Gasteiger partial charge in [0.2, 0.25) is 5.91 Å². The minimum absolute atomic E-state index is 0.222. The van der Waals surface area contributed by atoms with Crippen molar-refractivity contribution in [3.8, 4) is 0 Å². The summed E-state index contributed by atoms with van der Waals surface area (Å²) in [6, 6.07) is 0.456. The molecule has 3 nitrogen and oxygen atoms in total. The van der Waals surface area contributed by atoms with Gasteiger partial charge in [-0.2, -0.15) is 0 Å². The van der Waals surface area contributed by atoms with Crippen LogP contribution in [0.25, 0.3) is 0 Å². The van der Waals surface area contributed by atoms with Crippen LogP contribution in [0.1, 0.15) is 33.6 Å². The number of amides is 1. The summed E-state index contributed by atoms with van der Waals surface area (Å²) in [5.41, 5.74) is 0. The SMILES string of the molecule is CC.CC(=O)N1CCCC1CN(C)C. The van der Waals surface area contributed by atoms with Gasteiger partial charge in [0.1, 0.15) is 0 Å². The van der Waals surface area contributed by atoms with Crippen LogP contribution in [0.3, 0.4) is 0 Å². The van der Waals surface area contributed by atoms with Gasteiger partial charge in [0.05, 0.1) is 0 Å². The van der Waals surface area contributed by atoms with Gasteiger partial charge in [0.15, 0.2) is 0 Å². The topological polar surface area (TPSA) is 23.6 Å². The lowest BCUT2D eigenvalue weighted by atomic mass is 10.2. The highest BCUT2D eigenvalue weighted by atomic mass is 16.2. The fraction of sp³-hybridized carbons (Fsp3) is 0.909. The number of hydrogen-bond donors (Lipinski definition) is 0. The summed E-state index contributed by atoms with van der Waals surface area (Å²) in [5.74, 6) is 0.222. The van der Waals surface area contributed by atoms with Gasteiger partial charge in [0, 0.05) is 26.1 Å². The molecule has 0 aromatic carbocycles. The molecule has 1 heterocycles. The average molecular weight is 200 g/mol. The van der Waals surface area contributed by atoms with Crippen molar-refractivity contribution in [3.63, 3.8) is 0 Å². The molecular formula is C11H24N2O. The van der Waals surface area contributed by atoms with E-state index in [1.807, 2.05) is 18.7 Å². The van der Waals surface area contributed by atoms with Gasteiger partial charge in [-0.1, -0.05) is 13.8 Å². The Morgan fingerprint density at radius 1 is 1.43 bits per heavy atom. The van der Waals surface area contributed by atoms with Gasteiger partial charge in [-0.3, -0.25) is 4.79 Å². The third-order valence-corrected chi connectivity index (χ3v) is 2.36. The molecule has 1 aliphatic rings. The van der Waals surface area contributed by atoms with Crippen LogP contribution in [0.4, 0.5) is 0 Å². The summed E-state index contributed by atoms with van der Waals surface area (Å²) in [6.07, 6.45) is 2.33. The Morgan fingerprint density at radius 3 is 2.43 bits per heavy atom. The van der Waals surface area contributed by atoms with Crippen LogP contribution in [0.5, 0.6) is 0 Å². The Kier molecular flexibility index (Phi) is 6.54. The standard InChI is InChI=1S/C9H18N2O.C2H6/c1-8(12)11-6-4-5-9(11)7-10(2)3;1-2/h9H,4-7H2,1-3H3;1-2H3. The monoisotopic (exact) mass is 200 g/mol. The first-order chi connectivity index (χ1) is 6.61. The first-order valence-corrected chi connectivity index (χ1v) is 5.53. The van der Waals surface area contributed by atoms with Crippen molar-refractivity contribution in [1.82, 2.24) is 9.80 Å². The fourth-order valence-corrected chi connectivity index (χ4v) is 1.86. The lowest BCUT2D eigenvalue weighted by molar-refractivity contribution is -0.129. The summed E-state index contributed by atoms with van der Waals surface area (Å²) >= 11 is 0. The summed E-state index contributed by atoms with van der Waals surface area (Å²) in [6.45, 7) is 7.61. The summed E-state index contributed by atoms with van der Waals surface area (Å²) in [4.78, 5) is 15.3. The van der Waals surface area contributed by atoms with E-state index in [-0.39, 0.29) is 5.91 Å². The molecule has 1 amide bonds. The summed E-state index contributed by atoms with van der Waals surface area (Å²) < 4.78 is 0. The molecule has 1 unspecified atom stereocenters. The molecule has 1 atom stereocenters. The smallest absolute Gasteiger partial charge is 0.219 e. The maximum atomic E-state index is 11.1. The zero-order valence-corrected chi connectivity index (χ0v) is 10.2. The van der Waals surface area contributed by atoms with Gasteiger partial charge < -0.3 is 9.80 Å². The molecule has 1 saturated heterocycles. The van der Waals surface area contributed by atoms with Crippen molar-refractivity contribution in [2.75, 3.05) is 27.2 Å². The molecular weight excluding hydrogens is 176 g/mol. The molecule has 0 aromatic rings. The van der Waals surface area contributed by atoms with Gasteiger partial charge in [-0.05, 0) is 26.9 Å². The van der Waals surface area contributed by atoms with Crippen LogP contribution in [0, 0.1) is 0 Å². The fourth-order valence-electron chi connectivity index (χ4n) is 1.86. The molecule has 14 heavy (non-hydrogen) atoms. The first kappa shape index (κ1) is 13.4. The molecule has 0 aromatic heterocycles. The number of rotatable bonds is 2. The van der Waals surface area contributed by atoms with E-state index in [2.05, 4.69) is 19.0 Å².